The van der Waals surface area contributed by atoms with Crippen LogP contribution >= 0.6 is 0 Å². The number of H-pyrrole nitrogens is 1. The summed E-state index contributed by atoms with van der Waals surface area (Å²) < 4.78 is 0. The molecule has 1 aromatic heterocycles. The van der Waals surface area contributed by atoms with Gasteiger partial charge >= 0.3 is 0 Å². The highest BCUT2D eigenvalue weighted by Gasteiger charge is 2.66. The Balaban J connectivity index is 2.32. The number of nitrogens with zero attached hydrogens (tertiary/aromatic N) is 2. The summed E-state index contributed by atoms with van der Waals surface area (Å²) in [6.45, 7) is 8.99. The van der Waals surface area contributed by atoms with Crippen molar-refractivity contribution in [2.45, 2.75) is 33.6 Å². The monoisotopic (exact) mass is 180 g/mol. The van der Waals surface area contributed by atoms with Gasteiger partial charge in [-0.1, -0.05) is 27.7 Å². The van der Waals surface area contributed by atoms with Crippen molar-refractivity contribution in [3.63, 3.8) is 0 Å². The number of nitrogens with one attached hydrogen (secondary N) is 1. The molecule has 2 rings (SSSR count). The predicted molar refractivity (Wildman–Crippen MR) is 51.1 cm³/mol. The van der Waals surface area contributed by atoms with Crippen LogP contribution in [-0.4, -0.2) is 15.2 Å². The Hall–Kier alpha value is -1.06. The number of rotatable bonds is 1. The maximum absolute atomic E-state index is 5.47. The lowest BCUT2D eigenvalue weighted by Crippen LogP contribution is -1.95. The van der Waals surface area contributed by atoms with Crippen LogP contribution in [0.1, 0.15) is 39.4 Å². The maximum atomic E-state index is 5.47. The molecule has 0 unspecified atom stereocenters. The molecular formula is C9H16N4. The predicted octanol–water partition coefficient (Wildman–Crippen LogP) is 1.54. The fourth-order valence-electron chi connectivity index (χ4n) is 2.30. The Labute approximate surface area is 77.9 Å². The molecule has 0 bridgehead atoms. The van der Waals surface area contributed by atoms with E-state index >= 15 is 0 Å². The molecule has 4 heteroatoms. The van der Waals surface area contributed by atoms with Gasteiger partial charge in [-0.2, -0.15) is 4.98 Å². The molecule has 0 atom stereocenters. The van der Waals surface area contributed by atoms with E-state index in [4.69, 9.17) is 5.73 Å². The van der Waals surface area contributed by atoms with Gasteiger partial charge in [-0.15, -0.1) is 5.10 Å². The van der Waals surface area contributed by atoms with Gasteiger partial charge in [0.15, 0.2) is 0 Å². The highest BCUT2D eigenvalue weighted by molar-refractivity contribution is 5.28. The van der Waals surface area contributed by atoms with Crippen LogP contribution in [0.3, 0.4) is 0 Å². The normalized spacial score (nSPS) is 24.6. The molecule has 0 aliphatic heterocycles. The summed E-state index contributed by atoms with van der Waals surface area (Å²) in [4.78, 5) is 4.18. The largest absolute Gasteiger partial charge is 0.367 e. The van der Waals surface area contributed by atoms with Crippen molar-refractivity contribution >= 4 is 5.95 Å². The SMILES string of the molecule is CC1(C)C(c2nc(N)n[nH]2)C1(C)C. The van der Waals surface area contributed by atoms with Crippen LogP contribution in [0.4, 0.5) is 5.95 Å². The fourth-order valence-corrected chi connectivity index (χ4v) is 2.30. The van der Waals surface area contributed by atoms with E-state index in [0.29, 0.717) is 22.7 Å². The van der Waals surface area contributed by atoms with Gasteiger partial charge in [0, 0.05) is 5.92 Å². The van der Waals surface area contributed by atoms with Gasteiger partial charge < -0.3 is 5.73 Å². The van der Waals surface area contributed by atoms with E-state index in [-0.39, 0.29) is 0 Å². The van der Waals surface area contributed by atoms with E-state index in [1.807, 2.05) is 0 Å². The summed E-state index contributed by atoms with van der Waals surface area (Å²) in [7, 11) is 0. The van der Waals surface area contributed by atoms with Crippen molar-refractivity contribution in [3.8, 4) is 0 Å². The molecule has 0 spiro atoms. The first-order valence-electron chi connectivity index (χ1n) is 4.55. The van der Waals surface area contributed by atoms with E-state index in [2.05, 4.69) is 42.9 Å². The zero-order chi connectivity index (χ0) is 9.85. The first-order valence-corrected chi connectivity index (χ1v) is 4.55. The molecule has 3 N–H and O–H groups in total. The summed E-state index contributed by atoms with van der Waals surface area (Å²) in [6.07, 6.45) is 0. The lowest BCUT2D eigenvalue weighted by Gasteiger charge is -2.03. The Bertz CT molecular complexity index is 323. The summed E-state index contributed by atoms with van der Waals surface area (Å²) >= 11 is 0. The molecule has 13 heavy (non-hydrogen) atoms. The van der Waals surface area contributed by atoms with E-state index in [0.717, 1.165) is 5.82 Å². The third kappa shape index (κ3) is 0.913. The molecule has 1 aliphatic rings. The van der Waals surface area contributed by atoms with E-state index in [9.17, 15) is 0 Å². The van der Waals surface area contributed by atoms with E-state index < -0.39 is 0 Å². The van der Waals surface area contributed by atoms with Crippen molar-refractivity contribution in [1.29, 1.82) is 0 Å². The second-order valence-electron chi connectivity index (χ2n) is 4.96. The van der Waals surface area contributed by atoms with Crippen LogP contribution in [0, 0.1) is 10.8 Å². The number of anilines is 1. The molecule has 1 fully saturated rings. The summed E-state index contributed by atoms with van der Waals surface area (Å²) in [5.74, 6) is 1.71. The van der Waals surface area contributed by atoms with Crippen LogP contribution < -0.4 is 5.73 Å². The standard InChI is InChI=1S/C9H16N4/c1-8(2)5(9(8,3)4)6-11-7(10)13-12-6/h5H,1-4H3,(H3,10,11,12,13). The Morgan fingerprint density at radius 3 is 2.08 bits per heavy atom. The van der Waals surface area contributed by atoms with Crippen molar-refractivity contribution in [3.05, 3.63) is 5.82 Å². The van der Waals surface area contributed by atoms with Crippen LogP contribution in [0.5, 0.6) is 0 Å². The Kier molecular flexibility index (Phi) is 1.35. The van der Waals surface area contributed by atoms with Crippen LogP contribution in [0.15, 0.2) is 0 Å². The number of aromatic amines is 1. The molecule has 1 aromatic rings. The first kappa shape index (κ1) is 8.53. The van der Waals surface area contributed by atoms with Crippen LogP contribution in [0.2, 0.25) is 0 Å². The van der Waals surface area contributed by atoms with E-state index in [1.165, 1.54) is 0 Å². The first-order chi connectivity index (χ1) is 5.87. The third-order valence-electron chi connectivity index (χ3n) is 3.81. The minimum Gasteiger partial charge on any atom is -0.367 e. The number of hydrogen-bond donors (Lipinski definition) is 2. The van der Waals surface area contributed by atoms with Crippen molar-refractivity contribution in [2.75, 3.05) is 5.73 Å². The number of nitrogens with two attached hydrogens (primary N) is 1. The van der Waals surface area contributed by atoms with Gasteiger partial charge in [-0.25, -0.2) is 0 Å². The third-order valence-corrected chi connectivity index (χ3v) is 3.81. The molecule has 72 valence electrons. The average Bonchev–Trinajstić information content (AvgIpc) is 2.32. The number of aromatic nitrogens is 3. The van der Waals surface area contributed by atoms with Gasteiger partial charge in [0.05, 0.1) is 0 Å². The topological polar surface area (TPSA) is 67.6 Å². The zero-order valence-electron chi connectivity index (χ0n) is 8.55. The Morgan fingerprint density at radius 2 is 1.77 bits per heavy atom. The molecular weight excluding hydrogens is 164 g/mol. The van der Waals surface area contributed by atoms with Crippen molar-refractivity contribution in [2.24, 2.45) is 10.8 Å². The summed E-state index contributed by atoms with van der Waals surface area (Å²) in [5, 5.41) is 6.74. The minimum absolute atomic E-state index is 0.291. The molecule has 4 nitrogen and oxygen atoms in total. The quantitative estimate of drug-likeness (QED) is 0.688. The van der Waals surface area contributed by atoms with Gasteiger partial charge in [0.25, 0.3) is 0 Å². The number of hydrogen-bond acceptors (Lipinski definition) is 3. The minimum atomic E-state index is 0.291. The van der Waals surface area contributed by atoms with Gasteiger partial charge in [0.2, 0.25) is 5.95 Å². The van der Waals surface area contributed by atoms with E-state index in [1.54, 1.807) is 0 Å². The molecule has 0 amide bonds. The summed E-state index contributed by atoms with van der Waals surface area (Å²) in [5.41, 5.74) is 6.05. The Morgan fingerprint density at radius 1 is 1.23 bits per heavy atom. The average molecular weight is 180 g/mol. The van der Waals surface area contributed by atoms with Crippen molar-refractivity contribution < 1.29 is 0 Å². The highest BCUT2D eigenvalue weighted by atomic mass is 15.3. The second-order valence-corrected chi connectivity index (χ2v) is 4.96. The fraction of sp³-hybridized carbons (Fsp3) is 0.778. The second kappa shape index (κ2) is 2.05. The lowest BCUT2D eigenvalue weighted by molar-refractivity contribution is 0.457. The molecule has 0 saturated heterocycles. The zero-order valence-corrected chi connectivity index (χ0v) is 8.55. The molecule has 1 aliphatic carbocycles. The molecule has 0 aromatic carbocycles. The smallest absolute Gasteiger partial charge is 0.239 e. The number of nitrogen functional groups attached to an aromatic ring is 1. The summed E-state index contributed by atoms with van der Waals surface area (Å²) in [6, 6.07) is 0. The molecule has 1 saturated carbocycles. The molecule has 0 radical (unpaired) electrons. The molecule has 1 heterocycles. The van der Waals surface area contributed by atoms with Gasteiger partial charge in [-0.05, 0) is 10.8 Å². The highest BCUT2D eigenvalue weighted by Crippen LogP contribution is 2.72. The van der Waals surface area contributed by atoms with Gasteiger partial charge in [-0.3, -0.25) is 5.10 Å². The van der Waals surface area contributed by atoms with Crippen molar-refractivity contribution in [1.82, 2.24) is 15.2 Å². The lowest BCUT2D eigenvalue weighted by atomic mass is 10.0. The van der Waals surface area contributed by atoms with Crippen LogP contribution in [0.25, 0.3) is 0 Å². The maximum Gasteiger partial charge on any atom is 0.239 e. The van der Waals surface area contributed by atoms with Gasteiger partial charge in [0.1, 0.15) is 5.82 Å². The van der Waals surface area contributed by atoms with Crippen LogP contribution in [-0.2, 0) is 0 Å².